The minimum absolute atomic E-state index is 0.0522. The summed E-state index contributed by atoms with van der Waals surface area (Å²) in [6.07, 6.45) is 0.962. The summed E-state index contributed by atoms with van der Waals surface area (Å²) in [5, 5.41) is 8.90. The molecule has 0 amide bonds. The summed E-state index contributed by atoms with van der Waals surface area (Å²) in [4.78, 5) is 13.2. The van der Waals surface area contributed by atoms with E-state index in [9.17, 15) is 13.2 Å². The summed E-state index contributed by atoms with van der Waals surface area (Å²) in [6.45, 7) is 4.01. The first kappa shape index (κ1) is 18.6. The molecule has 26 heavy (non-hydrogen) atoms. The molecule has 0 fully saturated rings. The number of carbonyl (C=O) groups is 1. The minimum atomic E-state index is -3.67. The van der Waals surface area contributed by atoms with Crippen molar-refractivity contribution in [1.82, 2.24) is 9.62 Å². The Bertz CT molecular complexity index is 894. The van der Waals surface area contributed by atoms with Gasteiger partial charge in [0.25, 0.3) is 0 Å². The molecule has 2 aromatic carbocycles. The first-order valence-electron chi connectivity index (χ1n) is 8.50. The van der Waals surface area contributed by atoms with Gasteiger partial charge in [0.1, 0.15) is 0 Å². The van der Waals surface area contributed by atoms with Gasteiger partial charge in [0, 0.05) is 25.7 Å². The first-order valence-corrected chi connectivity index (χ1v) is 9.99. The molecule has 0 spiro atoms. The Kier molecular flexibility index (Phi) is 5.41. The van der Waals surface area contributed by atoms with E-state index in [1.165, 1.54) is 35.4 Å². The van der Waals surface area contributed by atoms with E-state index >= 15 is 0 Å². The lowest BCUT2D eigenvalue weighted by Crippen LogP contribution is -2.44. The van der Waals surface area contributed by atoms with E-state index in [-0.39, 0.29) is 16.5 Å². The second kappa shape index (κ2) is 7.57. The van der Waals surface area contributed by atoms with Gasteiger partial charge in [0.15, 0.2) is 0 Å². The zero-order valence-electron chi connectivity index (χ0n) is 14.6. The molecule has 2 N–H and O–H groups in total. The maximum absolute atomic E-state index is 12.4. The fourth-order valence-electron chi connectivity index (χ4n) is 3.11. The molecule has 0 aromatic heterocycles. The SMILES string of the molecule is C[C@H](CNS(=O)(=O)c1ccc(C(=O)O)cc1)N1CCc2ccccc2C1. The molecule has 0 unspecified atom stereocenters. The van der Waals surface area contributed by atoms with Crippen molar-refractivity contribution in [3.63, 3.8) is 0 Å². The second-order valence-corrected chi connectivity index (χ2v) is 8.29. The van der Waals surface area contributed by atoms with Crippen LogP contribution in [0.5, 0.6) is 0 Å². The highest BCUT2D eigenvalue weighted by molar-refractivity contribution is 7.89. The molecule has 7 heteroatoms. The van der Waals surface area contributed by atoms with Crippen molar-refractivity contribution in [2.24, 2.45) is 0 Å². The highest BCUT2D eigenvalue weighted by Gasteiger charge is 2.22. The topological polar surface area (TPSA) is 86.7 Å². The molecule has 0 bridgehead atoms. The van der Waals surface area contributed by atoms with Crippen LogP contribution >= 0.6 is 0 Å². The van der Waals surface area contributed by atoms with Crippen LogP contribution < -0.4 is 4.72 Å². The van der Waals surface area contributed by atoms with Gasteiger partial charge in [-0.3, -0.25) is 4.90 Å². The quantitative estimate of drug-likeness (QED) is 0.809. The molecule has 1 aliphatic heterocycles. The van der Waals surface area contributed by atoms with Gasteiger partial charge in [-0.15, -0.1) is 0 Å². The predicted octanol–water partition coefficient (Wildman–Crippen LogP) is 2.11. The van der Waals surface area contributed by atoms with Gasteiger partial charge in [-0.05, 0) is 48.7 Å². The lowest BCUT2D eigenvalue weighted by atomic mass is 9.99. The molecular formula is C19H22N2O4S. The van der Waals surface area contributed by atoms with Crippen LogP contribution in [0.25, 0.3) is 0 Å². The van der Waals surface area contributed by atoms with Crippen LogP contribution in [0.2, 0.25) is 0 Å². The fourth-order valence-corrected chi connectivity index (χ4v) is 4.23. The third-order valence-corrected chi connectivity index (χ3v) is 6.20. The Morgan fingerprint density at radius 3 is 2.46 bits per heavy atom. The lowest BCUT2D eigenvalue weighted by Gasteiger charge is -2.33. The lowest BCUT2D eigenvalue weighted by molar-refractivity contribution is 0.0696. The Balaban J connectivity index is 1.61. The Labute approximate surface area is 153 Å². The van der Waals surface area contributed by atoms with Crippen LogP contribution in [0.15, 0.2) is 53.4 Å². The van der Waals surface area contributed by atoms with E-state index in [0.29, 0.717) is 6.54 Å². The van der Waals surface area contributed by atoms with Gasteiger partial charge >= 0.3 is 5.97 Å². The maximum atomic E-state index is 12.4. The number of benzene rings is 2. The number of aromatic carboxylic acids is 1. The molecule has 3 rings (SSSR count). The molecule has 0 radical (unpaired) electrons. The summed E-state index contributed by atoms with van der Waals surface area (Å²) in [5.74, 6) is -1.08. The molecule has 0 aliphatic carbocycles. The van der Waals surface area contributed by atoms with Gasteiger partial charge in [-0.2, -0.15) is 0 Å². The number of carboxylic acids is 1. The van der Waals surface area contributed by atoms with Gasteiger partial charge < -0.3 is 5.11 Å². The van der Waals surface area contributed by atoms with Crippen molar-refractivity contribution in [1.29, 1.82) is 0 Å². The number of rotatable bonds is 6. The number of hydrogen-bond donors (Lipinski definition) is 2. The summed E-state index contributed by atoms with van der Waals surface area (Å²) < 4.78 is 27.5. The van der Waals surface area contributed by atoms with E-state index in [4.69, 9.17) is 5.11 Å². The second-order valence-electron chi connectivity index (χ2n) is 6.52. The first-order chi connectivity index (χ1) is 12.4. The highest BCUT2D eigenvalue weighted by Crippen LogP contribution is 2.20. The molecule has 6 nitrogen and oxygen atoms in total. The number of fused-ring (bicyclic) bond motifs is 1. The number of carboxylic acid groups (broad SMARTS) is 1. The van der Waals surface area contributed by atoms with Crippen LogP contribution in [0.4, 0.5) is 0 Å². The third kappa shape index (κ3) is 4.12. The van der Waals surface area contributed by atoms with E-state index in [0.717, 1.165) is 19.5 Å². The molecule has 0 saturated heterocycles. The summed E-state index contributed by atoms with van der Waals surface area (Å²) in [5.41, 5.74) is 2.71. The smallest absolute Gasteiger partial charge is 0.335 e. The molecule has 1 heterocycles. The Morgan fingerprint density at radius 2 is 1.81 bits per heavy atom. The summed E-state index contributed by atoms with van der Waals surface area (Å²) in [6, 6.07) is 13.6. The average molecular weight is 374 g/mol. The van der Waals surface area contributed by atoms with Gasteiger partial charge in [0.2, 0.25) is 10.0 Å². The predicted molar refractivity (Wildman–Crippen MR) is 98.6 cm³/mol. The molecule has 0 saturated carbocycles. The van der Waals surface area contributed by atoms with Gasteiger partial charge in [-0.25, -0.2) is 17.9 Å². The van der Waals surface area contributed by atoms with Crippen LogP contribution in [-0.4, -0.2) is 43.5 Å². The van der Waals surface area contributed by atoms with Crippen molar-refractivity contribution in [2.45, 2.75) is 30.8 Å². The number of nitrogens with zero attached hydrogens (tertiary/aromatic N) is 1. The van der Waals surface area contributed by atoms with E-state index in [2.05, 4.69) is 21.8 Å². The largest absolute Gasteiger partial charge is 0.478 e. The van der Waals surface area contributed by atoms with Crippen molar-refractivity contribution < 1.29 is 18.3 Å². The third-order valence-electron chi connectivity index (χ3n) is 4.76. The van der Waals surface area contributed by atoms with E-state index in [1.807, 2.05) is 19.1 Å². The van der Waals surface area contributed by atoms with Crippen molar-refractivity contribution >= 4 is 16.0 Å². The Hall–Kier alpha value is -2.22. The number of nitrogens with one attached hydrogen (secondary N) is 1. The molecule has 138 valence electrons. The van der Waals surface area contributed by atoms with Crippen molar-refractivity contribution in [3.8, 4) is 0 Å². The maximum Gasteiger partial charge on any atom is 0.335 e. The van der Waals surface area contributed by atoms with Crippen LogP contribution in [0, 0.1) is 0 Å². The number of sulfonamides is 1. The van der Waals surface area contributed by atoms with Crippen molar-refractivity contribution in [3.05, 3.63) is 65.2 Å². The van der Waals surface area contributed by atoms with E-state index in [1.54, 1.807) is 0 Å². The minimum Gasteiger partial charge on any atom is -0.478 e. The average Bonchev–Trinajstić information content (AvgIpc) is 2.66. The van der Waals surface area contributed by atoms with Gasteiger partial charge in [0.05, 0.1) is 10.5 Å². The molecule has 1 atom stereocenters. The number of hydrogen-bond acceptors (Lipinski definition) is 4. The fraction of sp³-hybridized carbons (Fsp3) is 0.316. The van der Waals surface area contributed by atoms with E-state index < -0.39 is 16.0 Å². The van der Waals surface area contributed by atoms with Crippen LogP contribution in [-0.2, 0) is 23.0 Å². The van der Waals surface area contributed by atoms with Crippen molar-refractivity contribution in [2.75, 3.05) is 13.1 Å². The van der Waals surface area contributed by atoms with Crippen LogP contribution in [0.1, 0.15) is 28.4 Å². The molecular weight excluding hydrogens is 352 g/mol. The Morgan fingerprint density at radius 1 is 1.15 bits per heavy atom. The normalized spacial score (nSPS) is 16.0. The monoisotopic (exact) mass is 374 g/mol. The highest BCUT2D eigenvalue weighted by atomic mass is 32.2. The summed E-state index contributed by atoms with van der Waals surface area (Å²) in [7, 11) is -3.67. The molecule has 2 aromatic rings. The van der Waals surface area contributed by atoms with Crippen LogP contribution in [0.3, 0.4) is 0 Å². The zero-order valence-corrected chi connectivity index (χ0v) is 15.4. The standard InChI is InChI=1S/C19H22N2O4S/c1-14(21-11-10-15-4-2-3-5-17(15)13-21)12-20-26(24,25)18-8-6-16(7-9-18)19(22)23/h2-9,14,20H,10-13H2,1H3,(H,22,23)/t14-/m1/s1. The molecule has 1 aliphatic rings. The summed E-state index contributed by atoms with van der Waals surface area (Å²) >= 11 is 0. The van der Waals surface area contributed by atoms with Gasteiger partial charge in [-0.1, -0.05) is 24.3 Å². The zero-order chi connectivity index (χ0) is 18.7.